The fourth-order valence-corrected chi connectivity index (χ4v) is 3.65. The molecule has 2 aliphatic rings. The van der Waals surface area contributed by atoms with Crippen molar-refractivity contribution >= 4 is 11.6 Å². The Kier molecular flexibility index (Phi) is 4.10. The number of hydrogen-bond acceptors (Lipinski definition) is 3. The molecule has 3 rings (SSSR count). The lowest BCUT2D eigenvalue weighted by atomic mass is 9.89. The molecule has 1 aromatic rings. The molecule has 0 spiro atoms. The predicted octanol–water partition coefficient (Wildman–Crippen LogP) is 1.89. The maximum absolute atomic E-state index is 13.4. The van der Waals surface area contributed by atoms with Crippen molar-refractivity contribution in [2.24, 2.45) is 11.7 Å². The van der Waals surface area contributed by atoms with E-state index in [2.05, 4.69) is 10.2 Å². The van der Waals surface area contributed by atoms with Gasteiger partial charge in [0.05, 0.1) is 5.56 Å². The molecule has 0 bridgehead atoms. The third-order valence-corrected chi connectivity index (χ3v) is 4.69. The van der Waals surface area contributed by atoms with Crippen molar-refractivity contribution in [1.29, 1.82) is 0 Å². The van der Waals surface area contributed by atoms with Crippen LogP contribution in [-0.2, 0) is 0 Å². The second-order valence-corrected chi connectivity index (χ2v) is 6.08. The number of primary amides is 1. The van der Waals surface area contributed by atoms with Crippen LogP contribution in [0.15, 0.2) is 18.2 Å². The zero-order valence-corrected chi connectivity index (χ0v) is 12.1. The lowest BCUT2D eigenvalue weighted by Crippen LogP contribution is -2.44. The van der Waals surface area contributed by atoms with E-state index in [9.17, 15) is 9.18 Å². The third-order valence-electron chi connectivity index (χ3n) is 4.69. The van der Waals surface area contributed by atoms with Crippen LogP contribution in [0.2, 0.25) is 0 Å². The van der Waals surface area contributed by atoms with E-state index in [1.54, 1.807) is 6.07 Å². The molecule has 1 amide bonds. The van der Waals surface area contributed by atoms with Crippen LogP contribution in [0.1, 0.15) is 36.0 Å². The average molecular weight is 291 g/mol. The number of anilines is 1. The van der Waals surface area contributed by atoms with Crippen molar-refractivity contribution in [2.75, 3.05) is 24.5 Å². The standard InChI is InChI=1S/C16H22FN3O/c17-12-5-6-15(13(9-12)16(18)21)20-8-2-3-11(10-20)14-4-1-7-19-14/h5-6,9,11,14,19H,1-4,7-8,10H2,(H2,18,21). The number of halogens is 1. The second-order valence-electron chi connectivity index (χ2n) is 6.08. The molecule has 21 heavy (non-hydrogen) atoms. The van der Waals surface area contributed by atoms with Crippen LogP contribution in [0.5, 0.6) is 0 Å². The van der Waals surface area contributed by atoms with Crippen molar-refractivity contribution in [3.8, 4) is 0 Å². The quantitative estimate of drug-likeness (QED) is 0.894. The first-order valence-corrected chi connectivity index (χ1v) is 7.73. The first-order valence-electron chi connectivity index (χ1n) is 7.73. The Morgan fingerprint density at radius 3 is 2.90 bits per heavy atom. The van der Waals surface area contributed by atoms with Crippen LogP contribution in [0.4, 0.5) is 10.1 Å². The fraction of sp³-hybridized carbons (Fsp3) is 0.562. The van der Waals surface area contributed by atoms with Gasteiger partial charge in [-0.2, -0.15) is 0 Å². The summed E-state index contributed by atoms with van der Waals surface area (Å²) >= 11 is 0. The topological polar surface area (TPSA) is 58.4 Å². The normalized spacial score (nSPS) is 26.0. The Labute approximate surface area is 124 Å². The Morgan fingerprint density at radius 2 is 2.19 bits per heavy atom. The van der Waals surface area contributed by atoms with Gasteiger partial charge in [-0.1, -0.05) is 0 Å². The van der Waals surface area contributed by atoms with Gasteiger partial charge in [0.1, 0.15) is 5.82 Å². The number of nitrogens with zero attached hydrogens (tertiary/aromatic N) is 1. The molecule has 114 valence electrons. The molecule has 0 aromatic heterocycles. The summed E-state index contributed by atoms with van der Waals surface area (Å²) in [6.07, 6.45) is 4.77. The van der Waals surface area contributed by atoms with Crippen molar-refractivity contribution < 1.29 is 9.18 Å². The van der Waals surface area contributed by atoms with Gasteiger partial charge in [-0.25, -0.2) is 4.39 Å². The summed E-state index contributed by atoms with van der Waals surface area (Å²) in [5, 5.41) is 3.57. The molecule has 2 atom stereocenters. The molecule has 0 radical (unpaired) electrons. The second kappa shape index (κ2) is 6.02. The van der Waals surface area contributed by atoms with E-state index in [4.69, 9.17) is 5.73 Å². The summed E-state index contributed by atoms with van der Waals surface area (Å²) in [6, 6.07) is 4.90. The monoisotopic (exact) mass is 291 g/mol. The summed E-state index contributed by atoms with van der Waals surface area (Å²) in [6.45, 7) is 2.91. The maximum Gasteiger partial charge on any atom is 0.250 e. The number of carbonyl (C=O) groups excluding carboxylic acids is 1. The number of amides is 1. The van der Waals surface area contributed by atoms with E-state index in [1.165, 1.54) is 31.4 Å². The zero-order valence-electron chi connectivity index (χ0n) is 12.1. The van der Waals surface area contributed by atoms with Gasteiger partial charge in [-0.3, -0.25) is 4.79 Å². The number of nitrogens with one attached hydrogen (secondary N) is 1. The number of hydrogen-bond donors (Lipinski definition) is 2. The van der Waals surface area contributed by atoms with E-state index in [0.717, 1.165) is 31.7 Å². The minimum atomic E-state index is -0.564. The minimum Gasteiger partial charge on any atom is -0.371 e. The van der Waals surface area contributed by atoms with Gasteiger partial charge in [-0.05, 0) is 56.3 Å². The van der Waals surface area contributed by atoms with Gasteiger partial charge in [-0.15, -0.1) is 0 Å². The van der Waals surface area contributed by atoms with E-state index in [-0.39, 0.29) is 5.56 Å². The number of piperidine rings is 1. The van der Waals surface area contributed by atoms with Crippen LogP contribution in [0.3, 0.4) is 0 Å². The molecule has 0 aliphatic carbocycles. The van der Waals surface area contributed by atoms with Crippen molar-refractivity contribution in [3.63, 3.8) is 0 Å². The molecule has 2 saturated heterocycles. The van der Waals surface area contributed by atoms with Crippen LogP contribution in [-0.4, -0.2) is 31.6 Å². The predicted molar refractivity (Wildman–Crippen MR) is 80.9 cm³/mol. The Morgan fingerprint density at radius 1 is 1.33 bits per heavy atom. The number of benzene rings is 1. The summed E-state index contributed by atoms with van der Waals surface area (Å²) < 4.78 is 13.4. The highest BCUT2D eigenvalue weighted by atomic mass is 19.1. The highest BCUT2D eigenvalue weighted by Crippen LogP contribution is 2.30. The van der Waals surface area contributed by atoms with Crippen LogP contribution in [0.25, 0.3) is 0 Å². The van der Waals surface area contributed by atoms with Gasteiger partial charge in [0.15, 0.2) is 0 Å². The van der Waals surface area contributed by atoms with Gasteiger partial charge >= 0.3 is 0 Å². The lowest BCUT2D eigenvalue weighted by Gasteiger charge is -2.37. The number of carbonyl (C=O) groups is 1. The van der Waals surface area contributed by atoms with Crippen LogP contribution >= 0.6 is 0 Å². The van der Waals surface area contributed by atoms with Gasteiger partial charge in [0.25, 0.3) is 5.91 Å². The molecule has 2 unspecified atom stereocenters. The summed E-state index contributed by atoms with van der Waals surface area (Å²) in [5.41, 5.74) is 6.46. The SMILES string of the molecule is NC(=O)c1cc(F)ccc1N1CCCC(C2CCCN2)C1. The molecule has 5 heteroatoms. The number of nitrogens with two attached hydrogens (primary N) is 1. The van der Waals surface area contributed by atoms with E-state index in [0.29, 0.717) is 12.0 Å². The van der Waals surface area contributed by atoms with Gasteiger partial charge in [0, 0.05) is 24.8 Å². The fourth-order valence-electron chi connectivity index (χ4n) is 3.65. The summed E-state index contributed by atoms with van der Waals surface area (Å²) in [7, 11) is 0. The first-order chi connectivity index (χ1) is 10.1. The summed E-state index contributed by atoms with van der Waals surface area (Å²) in [5.74, 6) is -0.392. The molecule has 2 fully saturated rings. The van der Waals surface area contributed by atoms with Crippen molar-refractivity contribution in [2.45, 2.75) is 31.7 Å². The summed E-state index contributed by atoms with van der Waals surface area (Å²) in [4.78, 5) is 13.8. The van der Waals surface area contributed by atoms with Gasteiger partial charge < -0.3 is 16.0 Å². The van der Waals surface area contributed by atoms with E-state index < -0.39 is 11.7 Å². The van der Waals surface area contributed by atoms with Gasteiger partial charge in [0.2, 0.25) is 0 Å². The number of rotatable bonds is 3. The van der Waals surface area contributed by atoms with E-state index in [1.807, 2.05) is 0 Å². The minimum absolute atomic E-state index is 0.287. The highest BCUT2D eigenvalue weighted by molar-refractivity contribution is 5.98. The Bertz CT molecular complexity index is 528. The molecular weight excluding hydrogens is 269 g/mol. The third kappa shape index (κ3) is 3.02. The largest absolute Gasteiger partial charge is 0.371 e. The molecule has 0 saturated carbocycles. The smallest absolute Gasteiger partial charge is 0.250 e. The van der Waals surface area contributed by atoms with Crippen molar-refractivity contribution in [1.82, 2.24) is 5.32 Å². The molecular formula is C16H22FN3O. The van der Waals surface area contributed by atoms with Crippen LogP contribution in [0, 0.1) is 11.7 Å². The lowest BCUT2D eigenvalue weighted by molar-refractivity contribution is 0.1000. The Balaban J connectivity index is 1.81. The molecule has 3 N–H and O–H groups in total. The molecule has 2 aliphatic heterocycles. The molecule has 4 nitrogen and oxygen atoms in total. The van der Waals surface area contributed by atoms with Crippen molar-refractivity contribution in [3.05, 3.63) is 29.6 Å². The maximum atomic E-state index is 13.4. The average Bonchev–Trinajstić information content (AvgIpc) is 3.01. The Hall–Kier alpha value is -1.62. The zero-order chi connectivity index (χ0) is 14.8. The van der Waals surface area contributed by atoms with E-state index >= 15 is 0 Å². The molecule has 1 aromatic carbocycles. The first kappa shape index (κ1) is 14.3. The highest BCUT2D eigenvalue weighted by Gasteiger charge is 2.30. The van der Waals surface area contributed by atoms with Crippen LogP contribution < -0.4 is 16.0 Å². The molecule has 2 heterocycles.